The molecule has 1 aliphatic heterocycles. The van der Waals surface area contributed by atoms with Gasteiger partial charge < -0.3 is 9.15 Å². The van der Waals surface area contributed by atoms with Gasteiger partial charge in [-0.25, -0.2) is 0 Å². The van der Waals surface area contributed by atoms with Crippen LogP contribution in [0.5, 0.6) is 5.75 Å². The number of hydrogen-bond donors (Lipinski definition) is 1. The molecule has 1 fully saturated rings. The smallest absolute Gasteiger partial charge is 0.433 e. The molecule has 0 aliphatic carbocycles. The SMILES string of the molecule is O=C1NC(=O)/C(=C/c2ccc(OCCc3ccc([N+](=O)[O-])o3)c(Cl)c2)S1. The zero-order valence-electron chi connectivity index (χ0n) is 13.1. The number of nitrogens with one attached hydrogen (secondary N) is 1. The van der Waals surface area contributed by atoms with E-state index in [0.29, 0.717) is 33.4 Å². The predicted molar refractivity (Wildman–Crippen MR) is 95.1 cm³/mol. The number of carbonyl (C=O) groups excluding carboxylic acids is 2. The van der Waals surface area contributed by atoms with E-state index < -0.39 is 16.1 Å². The number of furan rings is 1. The standard InChI is InChI=1S/C16H11ClN2O6S/c17-11-7-9(8-13-15(20)18-16(21)26-13)1-3-12(11)24-6-5-10-2-4-14(25-10)19(22)23/h1-4,7-8H,5-6H2,(H,18,20,21)/b13-8-. The Hall–Kier alpha value is -2.78. The molecule has 0 radical (unpaired) electrons. The number of amides is 2. The van der Waals surface area contributed by atoms with E-state index in [1.165, 1.54) is 12.1 Å². The van der Waals surface area contributed by atoms with Crippen LogP contribution < -0.4 is 10.1 Å². The van der Waals surface area contributed by atoms with Gasteiger partial charge in [-0.3, -0.25) is 25.0 Å². The van der Waals surface area contributed by atoms with Crippen molar-refractivity contribution in [1.82, 2.24) is 5.32 Å². The number of benzene rings is 1. The minimum atomic E-state index is -0.606. The topological polar surface area (TPSA) is 112 Å². The van der Waals surface area contributed by atoms with Crippen molar-refractivity contribution in [2.45, 2.75) is 6.42 Å². The lowest BCUT2D eigenvalue weighted by Crippen LogP contribution is -2.17. The highest BCUT2D eigenvalue weighted by atomic mass is 35.5. The minimum Gasteiger partial charge on any atom is -0.492 e. The molecule has 1 N–H and O–H groups in total. The van der Waals surface area contributed by atoms with Crippen molar-refractivity contribution in [1.29, 1.82) is 0 Å². The van der Waals surface area contributed by atoms with Gasteiger partial charge in [-0.2, -0.15) is 0 Å². The van der Waals surface area contributed by atoms with Crippen molar-refractivity contribution < 1.29 is 23.7 Å². The highest BCUT2D eigenvalue weighted by molar-refractivity contribution is 8.18. The summed E-state index contributed by atoms with van der Waals surface area (Å²) in [5, 5.41) is 12.7. The van der Waals surface area contributed by atoms with Gasteiger partial charge in [0.25, 0.3) is 11.1 Å². The van der Waals surface area contributed by atoms with Gasteiger partial charge in [0.2, 0.25) is 0 Å². The van der Waals surface area contributed by atoms with Crippen LogP contribution in [0.15, 0.2) is 39.7 Å². The molecule has 0 spiro atoms. The van der Waals surface area contributed by atoms with E-state index >= 15 is 0 Å². The molecule has 26 heavy (non-hydrogen) atoms. The highest BCUT2D eigenvalue weighted by Crippen LogP contribution is 2.30. The molecular formula is C16H11ClN2O6S. The van der Waals surface area contributed by atoms with E-state index in [-0.39, 0.29) is 12.5 Å². The van der Waals surface area contributed by atoms with Crippen molar-refractivity contribution in [2.24, 2.45) is 0 Å². The summed E-state index contributed by atoms with van der Waals surface area (Å²) >= 11 is 6.99. The number of imide groups is 1. The number of ether oxygens (including phenoxy) is 1. The molecule has 0 atom stereocenters. The molecule has 2 aromatic rings. The molecule has 0 saturated carbocycles. The van der Waals surface area contributed by atoms with Gasteiger partial charge in [-0.1, -0.05) is 17.7 Å². The Bertz CT molecular complexity index is 923. The van der Waals surface area contributed by atoms with Crippen molar-refractivity contribution >= 4 is 46.5 Å². The quantitative estimate of drug-likeness (QED) is 0.450. The third kappa shape index (κ3) is 4.24. The molecule has 1 saturated heterocycles. The fraction of sp³-hybridized carbons (Fsp3) is 0.125. The maximum Gasteiger partial charge on any atom is 0.433 e. The Morgan fingerprint density at radius 1 is 1.31 bits per heavy atom. The third-order valence-electron chi connectivity index (χ3n) is 3.33. The van der Waals surface area contributed by atoms with Crippen LogP contribution in [-0.2, 0) is 11.2 Å². The first-order valence-electron chi connectivity index (χ1n) is 7.32. The van der Waals surface area contributed by atoms with Gasteiger partial charge in [-0.05, 0) is 41.6 Å². The Labute approximate surface area is 156 Å². The first kappa shape index (κ1) is 18.0. The lowest BCUT2D eigenvalue weighted by Gasteiger charge is -2.08. The fourth-order valence-corrected chi connectivity index (χ4v) is 3.08. The highest BCUT2D eigenvalue weighted by Gasteiger charge is 2.25. The summed E-state index contributed by atoms with van der Waals surface area (Å²) < 4.78 is 10.6. The van der Waals surface area contributed by atoms with Gasteiger partial charge in [-0.15, -0.1) is 0 Å². The van der Waals surface area contributed by atoms with Gasteiger partial charge >= 0.3 is 5.88 Å². The second-order valence-corrected chi connectivity index (χ2v) is 6.56. The van der Waals surface area contributed by atoms with Gasteiger partial charge in [0.05, 0.1) is 22.6 Å². The van der Waals surface area contributed by atoms with E-state index in [9.17, 15) is 19.7 Å². The van der Waals surface area contributed by atoms with E-state index in [4.69, 9.17) is 20.8 Å². The summed E-state index contributed by atoms with van der Waals surface area (Å²) in [6.45, 7) is 0.220. The van der Waals surface area contributed by atoms with Crippen LogP contribution in [0.25, 0.3) is 6.08 Å². The molecule has 2 amide bonds. The van der Waals surface area contributed by atoms with Crippen molar-refractivity contribution in [2.75, 3.05) is 6.61 Å². The first-order valence-corrected chi connectivity index (χ1v) is 8.52. The Balaban J connectivity index is 1.61. The summed E-state index contributed by atoms with van der Waals surface area (Å²) in [5.74, 6) is 0.101. The summed E-state index contributed by atoms with van der Waals surface area (Å²) in [7, 11) is 0. The summed E-state index contributed by atoms with van der Waals surface area (Å²) in [4.78, 5) is 32.9. The Morgan fingerprint density at radius 2 is 2.12 bits per heavy atom. The monoisotopic (exact) mass is 394 g/mol. The second-order valence-electron chi connectivity index (χ2n) is 5.14. The van der Waals surface area contributed by atoms with Crippen molar-refractivity contribution in [3.8, 4) is 5.75 Å². The van der Waals surface area contributed by atoms with Crippen LogP contribution >= 0.6 is 23.4 Å². The average molecular weight is 395 g/mol. The van der Waals surface area contributed by atoms with Crippen molar-refractivity contribution in [3.63, 3.8) is 0 Å². The van der Waals surface area contributed by atoms with Crippen LogP contribution in [0.1, 0.15) is 11.3 Å². The van der Waals surface area contributed by atoms with Crippen LogP contribution in [0.3, 0.4) is 0 Å². The molecule has 10 heteroatoms. The van der Waals surface area contributed by atoms with E-state index in [1.807, 2.05) is 0 Å². The van der Waals surface area contributed by atoms with Crippen LogP contribution in [0.4, 0.5) is 10.7 Å². The Morgan fingerprint density at radius 3 is 2.73 bits per heavy atom. The van der Waals surface area contributed by atoms with Crippen LogP contribution in [0, 0.1) is 10.1 Å². The number of nitro groups is 1. The fourth-order valence-electron chi connectivity index (χ4n) is 2.16. The molecule has 0 unspecified atom stereocenters. The maximum atomic E-state index is 11.5. The second kappa shape index (κ2) is 7.63. The van der Waals surface area contributed by atoms with E-state index in [1.54, 1.807) is 24.3 Å². The Kier molecular flexibility index (Phi) is 5.29. The normalized spacial score (nSPS) is 15.3. The summed E-state index contributed by atoms with van der Waals surface area (Å²) in [6, 6.07) is 7.75. The number of carbonyl (C=O) groups is 2. The first-order chi connectivity index (χ1) is 12.4. The van der Waals surface area contributed by atoms with E-state index in [2.05, 4.69) is 5.32 Å². The molecule has 1 aliphatic rings. The van der Waals surface area contributed by atoms with Crippen LogP contribution in [-0.4, -0.2) is 22.7 Å². The maximum absolute atomic E-state index is 11.5. The predicted octanol–water partition coefficient (Wildman–Crippen LogP) is 3.79. The van der Waals surface area contributed by atoms with E-state index in [0.717, 1.165) is 11.8 Å². The molecule has 3 rings (SSSR count). The lowest BCUT2D eigenvalue weighted by atomic mass is 10.2. The molecule has 1 aromatic carbocycles. The summed E-state index contributed by atoms with van der Waals surface area (Å²) in [6.07, 6.45) is 1.90. The number of thioether (sulfide) groups is 1. The largest absolute Gasteiger partial charge is 0.492 e. The molecular weight excluding hydrogens is 384 g/mol. The lowest BCUT2D eigenvalue weighted by molar-refractivity contribution is -0.402. The number of nitrogens with zero attached hydrogens (tertiary/aromatic N) is 1. The van der Waals surface area contributed by atoms with Gasteiger partial charge in [0.1, 0.15) is 16.4 Å². The van der Waals surface area contributed by atoms with Crippen molar-refractivity contribution in [3.05, 3.63) is 61.7 Å². The molecule has 1 aromatic heterocycles. The molecule has 2 heterocycles. The molecule has 8 nitrogen and oxygen atoms in total. The zero-order chi connectivity index (χ0) is 18.7. The average Bonchev–Trinajstić information content (AvgIpc) is 3.16. The number of halogens is 1. The summed E-state index contributed by atoms with van der Waals surface area (Å²) in [5.41, 5.74) is 0.649. The van der Waals surface area contributed by atoms with Gasteiger partial charge in [0.15, 0.2) is 0 Å². The molecule has 134 valence electrons. The zero-order valence-corrected chi connectivity index (χ0v) is 14.6. The third-order valence-corrected chi connectivity index (χ3v) is 4.44. The van der Waals surface area contributed by atoms with Gasteiger partial charge in [0, 0.05) is 6.42 Å². The minimum absolute atomic E-state index is 0.220. The molecule has 0 bridgehead atoms. The number of rotatable bonds is 6. The van der Waals surface area contributed by atoms with Crippen LogP contribution in [0.2, 0.25) is 5.02 Å². The number of hydrogen-bond acceptors (Lipinski definition) is 7.